The summed E-state index contributed by atoms with van der Waals surface area (Å²) in [5, 5.41) is 10.3. The average Bonchev–Trinajstić information content (AvgIpc) is 3.04. The Labute approximate surface area is 207 Å². The van der Waals surface area contributed by atoms with Crippen molar-refractivity contribution in [2.45, 2.75) is 75.1 Å². The predicted octanol–water partition coefficient (Wildman–Crippen LogP) is 2.31. The lowest BCUT2D eigenvalue weighted by Crippen LogP contribution is -2.59. The monoisotopic (exact) mass is 489 g/mol. The van der Waals surface area contributed by atoms with Crippen molar-refractivity contribution < 1.29 is 19.5 Å². The molecule has 2 fully saturated rings. The summed E-state index contributed by atoms with van der Waals surface area (Å²) in [5.74, 6) is -1.56. The summed E-state index contributed by atoms with van der Waals surface area (Å²) in [6.07, 6.45) is 9.99. The third-order valence-corrected chi connectivity index (χ3v) is 10.1. The molecule has 3 amide bonds. The van der Waals surface area contributed by atoms with Crippen molar-refractivity contribution in [1.29, 1.82) is 0 Å². The molecule has 0 aliphatic carbocycles. The Hall–Kier alpha value is -1.80. The van der Waals surface area contributed by atoms with Gasteiger partial charge in [0.2, 0.25) is 17.7 Å². The molecule has 4 rings (SSSR count). The predicted molar refractivity (Wildman–Crippen MR) is 134 cm³/mol. The van der Waals surface area contributed by atoms with Gasteiger partial charge in [0.1, 0.15) is 6.04 Å². The van der Waals surface area contributed by atoms with E-state index in [4.69, 9.17) is 0 Å². The number of nitrogens with zero attached hydrogens (tertiary/aromatic N) is 3. The summed E-state index contributed by atoms with van der Waals surface area (Å²) < 4.78 is -1.44. The quantitative estimate of drug-likeness (QED) is 0.579. The van der Waals surface area contributed by atoms with Gasteiger partial charge in [-0.05, 0) is 26.2 Å². The molecule has 34 heavy (non-hydrogen) atoms. The summed E-state index contributed by atoms with van der Waals surface area (Å²) in [5.41, 5.74) is 0. The highest BCUT2D eigenvalue weighted by Crippen LogP contribution is 2.66. The van der Waals surface area contributed by atoms with Crippen LogP contribution in [0.25, 0.3) is 0 Å². The van der Waals surface area contributed by atoms with Gasteiger partial charge in [-0.25, -0.2) is 0 Å². The highest BCUT2D eigenvalue weighted by Gasteiger charge is 2.74. The van der Waals surface area contributed by atoms with E-state index in [0.717, 1.165) is 12.8 Å². The fraction of sp³-hybridized carbons (Fsp3) is 0.731. The molecule has 2 saturated heterocycles. The average molecular weight is 490 g/mol. The van der Waals surface area contributed by atoms with E-state index in [-0.39, 0.29) is 36.3 Å². The van der Waals surface area contributed by atoms with Gasteiger partial charge < -0.3 is 19.8 Å². The molecular formula is C26H39N3O4S. The van der Waals surface area contributed by atoms with Gasteiger partial charge in [0.15, 0.2) is 0 Å². The van der Waals surface area contributed by atoms with Gasteiger partial charge in [0.05, 0.1) is 29.2 Å². The van der Waals surface area contributed by atoms with Gasteiger partial charge >= 0.3 is 0 Å². The Morgan fingerprint density at radius 1 is 1.06 bits per heavy atom. The van der Waals surface area contributed by atoms with Crippen molar-refractivity contribution in [2.24, 2.45) is 17.8 Å². The van der Waals surface area contributed by atoms with Crippen LogP contribution in [0.5, 0.6) is 0 Å². The number of aliphatic hydroxyl groups excluding tert-OH is 1. The van der Waals surface area contributed by atoms with E-state index in [1.54, 1.807) is 28.6 Å². The Morgan fingerprint density at radius 2 is 1.74 bits per heavy atom. The zero-order valence-electron chi connectivity index (χ0n) is 21.2. The molecule has 0 radical (unpaired) electrons. The minimum atomic E-state index is -0.852. The SMILES string of the molecule is CCCC(C)N1CC=C[C@]23S[C@]4(C)C=CCN(C)C(=O)[C@@H]4[C@H]2C(=O)N([C@@H](CO)C(C)C)C3C1=O. The van der Waals surface area contributed by atoms with Crippen molar-refractivity contribution in [3.05, 3.63) is 24.3 Å². The third-order valence-electron chi connectivity index (χ3n) is 8.28. The molecule has 0 saturated carbocycles. The van der Waals surface area contributed by atoms with Crippen LogP contribution in [-0.4, -0.2) is 91.9 Å². The topological polar surface area (TPSA) is 81.2 Å². The molecule has 1 N–H and O–H groups in total. The van der Waals surface area contributed by atoms with E-state index in [9.17, 15) is 19.5 Å². The molecule has 8 heteroatoms. The van der Waals surface area contributed by atoms with Gasteiger partial charge in [-0.15, -0.1) is 11.8 Å². The van der Waals surface area contributed by atoms with Gasteiger partial charge in [0, 0.05) is 30.9 Å². The van der Waals surface area contributed by atoms with Crippen LogP contribution in [0.1, 0.15) is 47.5 Å². The largest absolute Gasteiger partial charge is 0.394 e. The summed E-state index contributed by atoms with van der Waals surface area (Å²) in [4.78, 5) is 47.4. The van der Waals surface area contributed by atoms with Crippen molar-refractivity contribution >= 4 is 29.5 Å². The molecule has 0 bridgehead atoms. The van der Waals surface area contributed by atoms with Crippen LogP contribution >= 0.6 is 11.8 Å². The summed E-state index contributed by atoms with van der Waals surface area (Å²) in [6, 6.07) is -1.19. The molecule has 7 atom stereocenters. The lowest BCUT2D eigenvalue weighted by atomic mass is 9.74. The highest BCUT2D eigenvalue weighted by atomic mass is 32.2. The van der Waals surface area contributed by atoms with Crippen LogP contribution < -0.4 is 0 Å². The number of carbonyl (C=O) groups excluding carboxylic acids is 3. The fourth-order valence-electron chi connectivity index (χ4n) is 6.55. The van der Waals surface area contributed by atoms with Crippen LogP contribution in [0.4, 0.5) is 0 Å². The molecular weight excluding hydrogens is 450 g/mol. The molecule has 2 unspecified atom stereocenters. The number of aliphatic hydroxyl groups is 1. The number of thioether (sulfide) groups is 1. The Bertz CT molecular complexity index is 920. The Balaban J connectivity index is 1.90. The molecule has 4 aliphatic heterocycles. The second-order valence-corrected chi connectivity index (χ2v) is 12.7. The summed E-state index contributed by atoms with van der Waals surface area (Å²) in [6.45, 7) is 10.9. The normalized spacial score (nSPS) is 37.0. The summed E-state index contributed by atoms with van der Waals surface area (Å²) in [7, 11) is 1.77. The maximum atomic E-state index is 14.3. The van der Waals surface area contributed by atoms with Crippen molar-refractivity contribution in [3.8, 4) is 0 Å². The number of hydrogen-bond acceptors (Lipinski definition) is 5. The smallest absolute Gasteiger partial charge is 0.247 e. The maximum Gasteiger partial charge on any atom is 0.247 e. The van der Waals surface area contributed by atoms with Gasteiger partial charge in [-0.3, -0.25) is 14.4 Å². The Morgan fingerprint density at radius 3 is 2.35 bits per heavy atom. The van der Waals surface area contributed by atoms with Crippen LogP contribution in [0, 0.1) is 17.8 Å². The van der Waals surface area contributed by atoms with E-state index in [2.05, 4.69) is 26.0 Å². The molecule has 1 spiro atoms. The molecule has 0 aromatic rings. The van der Waals surface area contributed by atoms with Crippen LogP contribution in [0.15, 0.2) is 24.3 Å². The standard InChI is InChI=1S/C26H39N3O4S/c1-7-10-17(4)28-14-9-12-26-20(19-22(31)27(6)13-8-11-25(19,5)34-26)23(32)29(21(26)24(28)33)18(15-30)16(2)3/h8-9,11-12,16-21,30H,7,10,13-15H2,1-6H3/t17?,18-,19-,20-,21?,25+,26-/m0/s1. The number of rotatable bonds is 6. The first kappa shape index (κ1) is 25.3. The second kappa shape index (κ2) is 9.01. The zero-order chi connectivity index (χ0) is 25.0. The number of likely N-dealkylation sites (N-methyl/N-ethyl adjacent to an activating group) is 1. The van der Waals surface area contributed by atoms with Crippen molar-refractivity contribution in [3.63, 3.8) is 0 Å². The van der Waals surface area contributed by atoms with E-state index < -0.39 is 33.4 Å². The third kappa shape index (κ3) is 3.55. The van der Waals surface area contributed by atoms with Gasteiger partial charge in [0.25, 0.3) is 0 Å². The number of fused-ring (bicyclic) bond motifs is 2. The minimum absolute atomic E-state index is 0.0323. The van der Waals surface area contributed by atoms with Crippen LogP contribution in [0.3, 0.4) is 0 Å². The van der Waals surface area contributed by atoms with E-state index in [1.165, 1.54) is 0 Å². The van der Waals surface area contributed by atoms with Gasteiger partial charge in [-0.2, -0.15) is 0 Å². The molecule has 4 heterocycles. The number of hydrogen-bond donors (Lipinski definition) is 1. The molecule has 188 valence electrons. The van der Waals surface area contributed by atoms with E-state index >= 15 is 0 Å². The Kier molecular flexibility index (Phi) is 6.70. The lowest BCUT2D eigenvalue weighted by Gasteiger charge is -2.41. The number of amides is 3. The number of carbonyl (C=O) groups is 3. The fourth-order valence-corrected chi connectivity index (χ4v) is 8.69. The first-order valence-corrected chi connectivity index (χ1v) is 13.4. The summed E-state index contributed by atoms with van der Waals surface area (Å²) >= 11 is 1.60. The highest BCUT2D eigenvalue weighted by molar-refractivity contribution is 8.02. The number of likely N-dealkylation sites (tertiary alicyclic amines) is 1. The van der Waals surface area contributed by atoms with E-state index in [0.29, 0.717) is 13.1 Å². The molecule has 0 aromatic heterocycles. The van der Waals surface area contributed by atoms with Crippen molar-refractivity contribution in [1.82, 2.24) is 14.7 Å². The maximum absolute atomic E-state index is 14.3. The first-order chi connectivity index (χ1) is 16.0. The van der Waals surface area contributed by atoms with Crippen LogP contribution in [-0.2, 0) is 14.4 Å². The van der Waals surface area contributed by atoms with Gasteiger partial charge in [-0.1, -0.05) is 51.5 Å². The van der Waals surface area contributed by atoms with E-state index in [1.807, 2.05) is 37.8 Å². The lowest BCUT2D eigenvalue weighted by molar-refractivity contribution is -0.148. The molecule has 7 nitrogen and oxygen atoms in total. The van der Waals surface area contributed by atoms with Crippen molar-refractivity contribution in [2.75, 3.05) is 26.7 Å². The zero-order valence-corrected chi connectivity index (χ0v) is 22.0. The van der Waals surface area contributed by atoms with Crippen LogP contribution in [0.2, 0.25) is 0 Å². The molecule has 0 aromatic carbocycles. The minimum Gasteiger partial charge on any atom is -0.394 e. The first-order valence-electron chi connectivity index (χ1n) is 12.6. The second-order valence-electron chi connectivity index (χ2n) is 10.9. The molecule has 4 aliphatic rings.